The molecule has 0 aliphatic rings. The molecule has 1 aromatic heterocycles. The minimum Gasteiger partial charge on any atom is -0.439 e. The molecule has 2 rings (SSSR count). The Balaban J connectivity index is 2.03. The van der Waals surface area contributed by atoms with Crippen LogP contribution in [0.1, 0.15) is 24.6 Å². The lowest BCUT2D eigenvalue weighted by Crippen LogP contribution is -2.15. The van der Waals surface area contributed by atoms with E-state index in [4.69, 9.17) is 4.74 Å². The third-order valence-electron chi connectivity index (χ3n) is 2.95. The zero-order chi connectivity index (χ0) is 14.4. The molecular formula is C16H19FN2O. The van der Waals surface area contributed by atoms with Gasteiger partial charge in [0.15, 0.2) is 0 Å². The molecule has 20 heavy (non-hydrogen) atoms. The van der Waals surface area contributed by atoms with Gasteiger partial charge >= 0.3 is 0 Å². The molecule has 0 fully saturated rings. The summed E-state index contributed by atoms with van der Waals surface area (Å²) in [4.78, 5) is 4.41. The average molecular weight is 274 g/mol. The molecule has 0 spiro atoms. The first-order chi connectivity index (χ1) is 9.69. The Hall–Kier alpha value is -1.94. The second-order valence-corrected chi connectivity index (χ2v) is 4.63. The highest BCUT2D eigenvalue weighted by Gasteiger charge is 2.04. The number of ether oxygens (including phenoxy) is 1. The van der Waals surface area contributed by atoms with Gasteiger partial charge in [0.1, 0.15) is 11.6 Å². The molecule has 2 aromatic rings. The van der Waals surface area contributed by atoms with E-state index < -0.39 is 0 Å². The molecule has 0 saturated carbocycles. The number of hydrogen-bond acceptors (Lipinski definition) is 3. The number of rotatable bonds is 6. The van der Waals surface area contributed by atoms with Gasteiger partial charge in [-0.3, -0.25) is 0 Å². The third kappa shape index (κ3) is 4.03. The summed E-state index contributed by atoms with van der Waals surface area (Å²) >= 11 is 0. The van der Waals surface area contributed by atoms with Crippen LogP contribution in [0.15, 0.2) is 36.4 Å². The van der Waals surface area contributed by atoms with E-state index in [9.17, 15) is 4.39 Å². The molecule has 0 aliphatic carbocycles. The lowest BCUT2D eigenvalue weighted by atomic mass is 10.2. The first-order valence-corrected chi connectivity index (χ1v) is 6.79. The van der Waals surface area contributed by atoms with E-state index in [1.54, 1.807) is 12.1 Å². The number of benzene rings is 1. The van der Waals surface area contributed by atoms with Crippen molar-refractivity contribution in [3.63, 3.8) is 0 Å². The minimum absolute atomic E-state index is 0.279. The number of aromatic nitrogens is 1. The fraction of sp³-hybridized carbons (Fsp3) is 0.312. The van der Waals surface area contributed by atoms with Gasteiger partial charge in [-0.2, -0.15) is 0 Å². The van der Waals surface area contributed by atoms with Crippen LogP contribution >= 0.6 is 0 Å². The fourth-order valence-corrected chi connectivity index (χ4v) is 1.83. The van der Waals surface area contributed by atoms with Gasteiger partial charge in [0.25, 0.3) is 0 Å². The van der Waals surface area contributed by atoms with Crippen molar-refractivity contribution in [1.82, 2.24) is 10.3 Å². The second-order valence-electron chi connectivity index (χ2n) is 4.63. The first kappa shape index (κ1) is 14.5. The summed E-state index contributed by atoms with van der Waals surface area (Å²) in [5.74, 6) is 0.822. The molecule has 0 saturated heterocycles. The van der Waals surface area contributed by atoms with Crippen LogP contribution in [-0.4, -0.2) is 11.5 Å². The van der Waals surface area contributed by atoms with E-state index in [1.165, 1.54) is 12.1 Å². The Bertz CT molecular complexity index is 555. The maximum absolute atomic E-state index is 12.8. The average Bonchev–Trinajstić information content (AvgIpc) is 2.44. The molecule has 1 heterocycles. The second kappa shape index (κ2) is 7.01. The lowest BCUT2D eigenvalue weighted by molar-refractivity contribution is 0.459. The number of halogens is 1. The quantitative estimate of drug-likeness (QED) is 0.813. The van der Waals surface area contributed by atoms with Crippen molar-refractivity contribution in [3.05, 3.63) is 53.5 Å². The van der Waals surface area contributed by atoms with Gasteiger partial charge < -0.3 is 10.1 Å². The molecule has 0 atom stereocenters. The first-order valence-electron chi connectivity index (χ1n) is 6.79. The van der Waals surface area contributed by atoms with Gasteiger partial charge in [0, 0.05) is 18.3 Å². The number of aryl methyl sites for hydroxylation is 1. The monoisotopic (exact) mass is 274 g/mol. The van der Waals surface area contributed by atoms with Crippen LogP contribution in [0.3, 0.4) is 0 Å². The van der Waals surface area contributed by atoms with Gasteiger partial charge in [-0.25, -0.2) is 9.37 Å². The predicted octanol–water partition coefficient (Wildman–Crippen LogP) is 3.82. The Morgan fingerprint density at radius 3 is 2.55 bits per heavy atom. The molecule has 0 bridgehead atoms. The van der Waals surface area contributed by atoms with Crippen molar-refractivity contribution in [2.24, 2.45) is 0 Å². The Labute approximate surface area is 118 Å². The van der Waals surface area contributed by atoms with Gasteiger partial charge in [-0.1, -0.05) is 13.0 Å². The molecule has 0 amide bonds. The van der Waals surface area contributed by atoms with Crippen LogP contribution in [0.2, 0.25) is 0 Å². The normalized spacial score (nSPS) is 10.6. The number of nitrogens with zero attached hydrogens (tertiary/aromatic N) is 1. The largest absolute Gasteiger partial charge is 0.439 e. The molecule has 1 N–H and O–H groups in total. The zero-order valence-corrected chi connectivity index (χ0v) is 11.8. The van der Waals surface area contributed by atoms with E-state index in [2.05, 4.69) is 17.2 Å². The van der Waals surface area contributed by atoms with Crippen LogP contribution in [0.5, 0.6) is 11.6 Å². The van der Waals surface area contributed by atoms with Crippen molar-refractivity contribution in [2.75, 3.05) is 6.54 Å². The van der Waals surface area contributed by atoms with Crippen molar-refractivity contribution in [1.29, 1.82) is 0 Å². The predicted molar refractivity (Wildman–Crippen MR) is 77.4 cm³/mol. The van der Waals surface area contributed by atoms with E-state index in [-0.39, 0.29) is 5.82 Å². The van der Waals surface area contributed by atoms with Gasteiger partial charge in [0.2, 0.25) is 5.88 Å². The summed E-state index contributed by atoms with van der Waals surface area (Å²) in [6, 6.07) is 9.74. The Morgan fingerprint density at radius 1 is 1.15 bits per heavy atom. The molecule has 0 aliphatic heterocycles. The topological polar surface area (TPSA) is 34.1 Å². The molecule has 3 nitrogen and oxygen atoms in total. The number of pyridine rings is 1. The van der Waals surface area contributed by atoms with Crippen molar-refractivity contribution < 1.29 is 9.13 Å². The number of hydrogen-bond donors (Lipinski definition) is 1. The Kier molecular flexibility index (Phi) is 5.07. The zero-order valence-electron chi connectivity index (χ0n) is 11.8. The summed E-state index contributed by atoms with van der Waals surface area (Å²) in [5.41, 5.74) is 2.10. The molecule has 106 valence electrons. The van der Waals surface area contributed by atoms with Crippen molar-refractivity contribution in [2.45, 2.75) is 26.8 Å². The van der Waals surface area contributed by atoms with E-state index in [0.29, 0.717) is 11.6 Å². The minimum atomic E-state index is -0.279. The third-order valence-corrected chi connectivity index (χ3v) is 2.95. The van der Waals surface area contributed by atoms with Crippen LogP contribution in [0.4, 0.5) is 4.39 Å². The molecule has 1 aromatic carbocycles. The van der Waals surface area contributed by atoms with E-state index in [1.807, 2.05) is 19.1 Å². The highest BCUT2D eigenvalue weighted by atomic mass is 19.1. The summed E-state index contributed by atoms with van der Waals surface area (Å²) in [7, 11) is 0. The lowest BCUT2D eigenvalue weighted by Gasteiger charge is -2.09. The molecule has 4 heteroatoms. The summed E-state index contributed by atoms with van der Waals surface area (Å²) in [6.07, 6.45) is 1.11. The van der Waals surface area contributed by atoms with Crippen LogP contribution in [0, 0.1) is 12.7 Å². The summed E-state index contributed by atoms with van der Waals surface area (Å²) in [5, 5.41) is 3.35. The fourth-order valence-electron chi connectivity index (χ4n) is 1.83. The maximum Gasteiger partial charge on any atom is 0.219 e. The van der Waals surface area contributed by atoms with Gasteiger partial charge in [0.05, 0.1) is 0 Å². The van der Waals surface area contributed by atoms with E-state index in [0.717, 1.165) is 30.8 Å². The van der Waals surface area contributed by atoms with Crippen molar-refractivity contribution >= 4 is 0 Å². The summed E-state index contributed by atoms with van der Waals surface area (Å²) in [6.45, 7) is 5.90. The van der Waals surface area contributed by atoms with Gasteiger partial charge in [-0.05, 0) is 49.7 Å². The van der Waals surface area contributed by atoms with Crippen LogP contribution in [0.25, 0.3) is 0 Å². The standard InChI is InChI=1S/C16H19FN2O/c1-3-10-18-11-13-4-9-16(19-12(13)2)20-15-7-5-14(17)6-8-15/h4-9,18H,3,10-11H2,1-2H3. The Morgan fingerprint density at radius 2 is 1.90 bits per heavy atom. The smallest absolute Gasteiger partial charge is 0.219 e. The van der Waals surface area contributed by atoms with Crippen LogP contribution in [-0.2, 0) is 6.54 Å². The maximum atomic E-state index is 12.8. The molecular weight excluding hydrogens is 255 g/mol. The van der Waals surface area contributed by atoms with Crippen molar-refractivity contribution in [3.8, 4) is 11.6 Å². The highest BCUT2D eigenvalue weighted by molar-refractivity contribution is 5.30. The number of nitrogens with one attached hydrogen (secondary N) is 1. The van der Waals surface area contributed by atoms with E-state index >= 15 is 0 Å². The summed E-state index contributed by atoms with van der Waals surface area (Å²) < 4.78 is 18.4. The van der Waals surface area contributed by atoms with Crippen LogP contribution < -0.4 is 10.1 Å². The molecule has 0 radical (unpaired) electrons. The SMILES string of the molecule is CCCNCc1ccc(Oc2ccc(F)cc2)nc1C. The van der Waals surface area contributed by atoms with Gasteiger partial charge in [-0.15, -0.1) is 0 Å². The molecule has 0 unspecified atom stereocenters. The highest BCUT2D eigenvalue weighted by Crippen LogP contribution is 2.21.